The third-order valence-corrected chi connectivity index (χ3v) is 3.65. The number of nitrogens with one attached hydrogen (secondary N) is 1. The minimum absolute atomic E-state index is 0.925. The Kier molecular flexibility index (Phi) is 4.35. The van der Waals surface area contributed by atoms with Crippen molar-refractivity contribution in [2.75, 3.05) is 11.9 Å². The third-order valence-electron chi connectivity index (χ3n) is 3.65. The molecule has 0 bridgehead atoms. The molecule has 1 aliphatic rings. The number of nitrogens with zero attached hydrogens (tertiary/aromatic N) is 2. The molecule has 0 amide bonds. The van der Waals surface area contributed by atoms with Gasteiger partial charge in [0.25, 0.3) is 0 Å². The molecular weight excluding hydrogens is 210 g/mol. The smallest absolute Gasteiger partial charge is 0.147 e. The van der Waals surface area contributed by atoms with Crippen LogP contribution in [-0.2, 0) is 0 Å². The van der Waals surface area contributed by atoms with Crippen LogP contribution in [0.4, 0.5) is 5.82 Å². The van der Waals surface area contributed by atoms with Gasteiger partial charge in [-0.2, -0.15) is 0 Å². The molecule has 0 atom stereocenters. The van der Waals surface area contributed by atoms with Crippen molar-refractivity contribution in [3.8, 4) is 0 Å². The molecule has 1 aromatic rings. The summed E-state index contributed by atoms with van der Waals surface area (Å²) in [5.41, 5.74) is 1.98. The molecule has 0 radical (unpaired) electrons. The molecule has 3 nitrogen and oxygen atoms in total. The van der Waals surface area contributed by atoms with Gasteiger partial charge >= 0.3 is 0 Å². The van der Waals surface area contributed by atoms with Crippen LogP contribution in [0.1, 0.15) is 49.9 Å². The lowest BCUT2D eigenvalue weighted by Gasteiger charge is -2.21. The second-order valence-electron chi connectivity index (χ2n) is 5.16. The van der Waals surface area contributed by atoms with Gasteiger partial charge in [0, 0.05) is 12.7 Å². The van der Waals surface area contributed by atoms with Gasteiger partial charge in [-0.3, -0.25) is 4.98 Å². The zero-order valence-corrected chi connectivity index (χ0v) is 11.0. The van der Waals surface area contributed by atoms with Crippen molar-refractivity contribution in [3.05, 3.63) is 17.6 Å². The van der Waals surface area contributed by atoms with Gasteiger partial charge in [0.05, 0.1) is 11.4 Å². The van der Waals surface area contributed by atoms with Gasteiger partial charge in [0.15, 0.2) is 0 Å². The minimum Gasteiger partial charge on any atom is -0.369 e. The zero-order valence-electron chi connectivity index (χ0n) is 11.0. The highest BCUT2D eigenvalue weighted by Gasteiger charge is 2.12. The van der Waals surface area contributed by atoms with Gasteiger partial charge in [-0.1, -0.05) is 32.1 Å². The molecule has 3 heteroatoms. The fourth-order valence-electron chi connectivity index (χ4n) is 2.58. The normalized spacial score (nSPS) is 17.1. The lowest BCUT2D eigenvalue weighted by atomic mass is 9.87. The van der Waals surface area contributed by atoms with E-state index in [1.165, 1.54) is 38.5 Å². The largest absolute Gasteiger partial charge is 0.369 e. The van der Waals surface area contributed by atoms with E-state index in [9.17, 15) is 0 Å². The van der Waals surface area contributed by atoms with E-state index in [0.717, 1.165) is 29.7 Å². The zero-order chi connectivity index (χ0) is 12.1. The fraction of sp³-hybridized carbons (Fsp3) is 0.714. The molecule has 17 heavy (non-hydrogen) atoms. The second kappa shape index (κ2) is 5.99. The highest BCUT2D eigenvalue weighted by Crippen LogP contribution is 2.26. The summed E-state index contributed by atoms with van der Waals surface area (Å²) in [4.78, 5) is 8.80. The maximum atomic E-state index is 4.48. The molecule has 94 valence electrons. The summed E-state index contributed by atoms with van der Waals surface area (Å²) < 4.78 is 0. The van der Waals surface area contributed by atoms with Crippen molar-refractivity contribution < 1.29 is 0 Å². The first-order valence-corrected chi connectivity index (χ1v) is 6.80. The summed E-state index contributed by atoms with van der Waals surface area (Å²) in [6.07, 6.45) is 10.2. The van der Waals surface area contributed by atoms with Crippen molar-refractivity contribution in [1.29, 1.82) is 0 Å². The van der Waals surface area contributed by atoms with Crippen molar-refractivity contribution in [2.45, 2.75) is 52.4 Å². The van der Waals surface area contributed by atoms with Gasteiger partial charge in [0.2, 0.25) is 0 Å². The van der Waals surface area contributed by atoms with Crippen LogP contribution in [0.3, 0.4) is 0 Å². The second-order valence-corrected chi connectivity index (χ2v) is 5.16. The highest BCUT2D eigenvalue weighted by molar-refractivity contribution is 5.39. The number of hydrogen-bond donors (Lipinski definition) is 1. The number of aromatic nitrogens is 2. The predicted molar refractivity (Wildman–Crippen MR) is 71.2 cm³/mol. The Bertz CT molecular complexity index is 356. The molecule has 1 fully saturated rings. The Hall–Kier alpha value is -1.12. The molecule has 0 saturated heterocycles. The van der Waals surface area contributed by atoms with Gasteiger partial charge in [-0.05, 0) is 26.2 Å². The van der Waals surface area contributed by atoms with E-state index in [1.54, 1.807) is 0 Å². The van der Waals surface area contributed by atoms with E-state index in [0.29, 0.717) is 0 Å². The van der Waals surface area contributed by atoms with Crippen molar-refractivity contribution >= 4 is 5.82 Å². The topological polar surface area (TPSA) is 37.8 Å². The van der Waals surface area contributed by atoms with Crippen LogP contribution in [0.2, 0.25) is 0 Å². The van der Waals surface area contributed by atoms with E-state index < -0.39 is 0 Å². The molecule has 1 aromatic heterocycles. The van der Waals surface area contributed by atoms with Crippen LogP contribution in [0, 0.1) is 19.8 Å². The maximum absolute atomic E-state index is 4.48. The molecule has 1 N–H and O–H groups in total. The third kappa shape index (κ3) is 3.69. The number of rotatable bonds is 4. The van der Waals surface area contributed by atoms with Crippen LogP contribution in [0.5, 0.6) is 0 Å². The fourth-order valence-corrected chi connectivity index (χ4v) is 2.58. The predicted octanol–water partition coefficient (Wildman–Crippen LogP) is 3.48. The van der Waals surface area contributed by atoms with Gasteiger partial charge in [0.1, 0.15) is 5.82 Å². The Morgan fingerprint density at radius 3 is 2.76 bits per heavy atom. The average molecular weight is 233 g/mol. The SMILES string of the molecule is Cc1cnc(C)c(NCCC2CCCCC2)n1. The number of aryl methyl sites for hydroxylation is 2. The lowest BCUT2D eigenvalue weighted by molar-refractivity contribution is 0.345. The first kappa shape index (κ1) is 12.3. The average Bonchev–Trinajstić information content (AvgIpc) is 2.35. The summed E-state index contributed by atoms with van der Waals surface area (Å²) in [5.74, 6) is 1.88. The lowest BCUT2D eigenvalue weighted by Crippen LogP contribution is -2.13. The van der Waals surface area contributed by atoms with E-state index >= 15 is 0 Å². The van der Waals surface area contributed by atoms with Crippen LogP contribution in [-0.4, -0.2) is 16.5 Å². The van der Waals surface area contributed by atoms with Crippen LogP contribution in [0.25, 0.3) is 0 Å². The number of anilines is 1. The first-order valence-electron chi connectivity index (χ1n) is 6.80. The molecule has 2 rings (SSSR count). The van der Waals surface area contributed by atoms with Gasteiger partial charge in [-0.25, -0.2) is 4.98 Å². The summed E-state index contributed by atoms with van der Waals surface area (Å²) >= 11 is 0. The Morgan fingerprint density at radius 1 is 1.24 bits per heavy atom. The molecular formula is C14H23N3. The quantitative estimate of drug-likeness (QED) is 0.865. The number of hydrogen-bond acceptors (Lipinski definition) is 3. The minimum atomic E-state index is 0.925. The highest BCUT2D eigenvalue weighted by atomic mass is 15.0. The molecule has 0 aromatic carbocycles. The van der Waals surface area contributed by atoms with Gasteiger partial charge in [-0.15, -0.1) is 0 Å². The van der Waals surface area contributed by atoms with Crippen molar-refractivity contribution in [1.82, 2.24) is 9.97 Å². The first-order chi connectivity index (χ1) is 8.25. The van der Waals surface area contributed by atoms with Crippen LogP contribution in [0.15, 0.2) is 6.20 Å². The van der Waals surface area contributed by atoms with E-state index in [2.05, 4.69) is 15.3 Å². The Labute approximate surface area is 104 Å². The van der Waals surface area contributed by atoms with E-state index in [4.69, 9.17) is 0 Å². The van der Waals surface area contributed by atoms with E-state index in [1.807, 2.05) is 20.0 Å². The Balaban J connectivity index is 1.79. The maximum Gasteiger partial charge on any atom is 0.147 e. The molecule has 1 saturated carbocycles. The summed E-state index contributed by atoms with van der Waals surface area (Å²) in [6.45, 7) is 5.03. The van der Waals surface area contributed by atoms with E-state index in [-0.39, 0.29) is 0 Å². The molecule has 1 aliphatic carbocycles. The van der Waals surface area contributed by atoms with Crippen molar-refractivity contribution in [2.24, 2.45) is 5.92 Å². The van der Waals surface area contributed by atoms with Crippen LogP contribution >= 0.6 is 0 Å². The molecule has 0 aliphatic heterocycles. The molecule has 1 heterocycles. The summed E-state index contributed by atoms with van der Waals surface area (Å²) in [7, 11) is 0. The van der Waals surface area contributed by atoms with Crippen molar-refractivity contribution in [3.63, 3.8) is 0 Å². The molecule has 0 unspecified atom stereocenters. The summed E-state index contributed by atoms with van der Waals surface area (Å²) in [6, 6.07) is 0. The van der Waals surface area contributed by atoms with Crippen LogP contribution < -0.4 is 5.32 Å². The Morgan fingerprint density at radius 2 is 2.00 bits per heavy atom. The standard InChI is InChI=1S/C14H23N3/c1-11-10-16-12(2)14(17-11)15-9-8-13-6-4-3-5-7-13/h10,13H,3-9H2,1-2H3,(H,15,17). The monoisotopic (exact) mass is 233 g/mol. The van der Waals surface area contributed by atoms with Gasteiger partial charge < -0.3 is 5.32 Å². The molecule has 0 spiro atoms. The summed E-state index contributed by atoms with van der Waals surface area (Å²) in [5, 5.41) is 3.43.